The minimum atomic E-state index is -0.453. The van der Waals surface area contributed by atoms with Gasteiger partial charge in [0.25, 0.3) is 11.1 Å². The van der Waals surface area contributed by atoms with E-state index >= 15 is 0 Å². The second-order valence-corrected chi connectivity index (χ2v) is 9.95. The summed E-state index contributed by atoms with van der Waals surface area (Å²) >= 11 is 0.870. The fourth-order valence-electron chi connectivity index (χ4n) is 4.54. The molecule has 7 heteroatoms. The summed E-state index contributed by atoms with van der Waals surface area (Å²) in [5, 5.41) is 3.33. The van der Waals surface area contributed by atoms with Gasteiger partial charge in [0.15, 0.2) is 0 Å². The molecule has 37 heavy (non-hydrogen) atoms. The number of rotatable bonds is 7. The first-order chi connectivity index (χ1) is 17.9. The number of para-hydroxylation sites is 1. The van der Waals surface area contributed by atoms with Crippen molar-refractivity contribution in [2.45, 2.75) is 26.8 Å². The number of nitrogens with zero attached hydrogens (tertiary/aromatic N) is 2. The summed E-state index contributed by atoms with van der Waals surface area (Å²) in [5.41, 5.74) is 5.93. The fourth-order valence-corrected chi connectivity index (χ4v) is 5.37. The van der Waals surface area contributed by atoms with Crippen LogP contribution in [-0.2, 0) is 22.6 Å². The monoisotopic (exact) mass is 509 g/mol. The van der Waals surface area contributed by atoms with Gasteiger partial charge in [-0.1, -0.05) is 67.6 Å². The van der Waals surface area contributed by atoms with Crippen molar-refractivity contribution >= 4 is 51.5 Å². The number of amides is 3. The molecule has 1 aromatic heterocycles. The van der Waals surface area contributed by atoms with E-state index in [1.165, 1.54) is 5.56 Å². The molecule has 1 N–H and O–H groups in total. The van der Waals surface area contributed by atoms with Crippen LogP contribution in [0.4, 0.5) is 10.5 Å². The van der Waals surface area contributed by atoms with Crippen LogP contribution in [0.5, 0.6) is 0 Å². The van der Waals surface area contributed by atoms with Gasteiger partial charge in [0, 0.05) is 34.4 Å². The maximum atomic E-state index is 13.2. The average molecular weight is 510 g/mol. The lowest BCUT2D eigenvalue weighted by Gasteiger charge is -2.12. The van der Waals surface area contributed by atoms with Crippen LogP contribution >= 0.6 is 11.8 Å². The number of benzene rings is 3. The molecule has 186 valence electrons. The molecule has 1 saturated heterocycles. The largest absolute Gasteiger partial charge is 0.340 e. The predicted octanol–water partition coefficient (Wildman–Crippen LogP) is 6.24. The SMILES string of the molecule is CCc1ccc(NC(=O)CN2C(=O)S/C(=C\c3c(C)n(Cc4ccccc4)c4ccccc34)C2=O)cc1. The van der Waals surface area contributed by atoms with E-state index in [2.05, 4.69) is 35.0 Å². The van der Waals surface area contributed by atoms with Crippen molar-refractivity contribution in [3.05, 3.63) is 106 Å². The molecule has 0 radical (unpaired) electrons. The van der Waals surface area contributed by atoms with Gasteiger partial charge < -0.3 is 9.88 Å². The van der Waals surface area contributed by atoms with Crippen LogP contribution in [0.25, 0.3) is 17.0 Å². The van der Waals surface area contributed by atoms with Crippen LogP contribution in [0.15, 0.2) is 83.8 Å². The van der Waals surface area contributed by atoms with Gasteiger partial charge in [-0.3, -0.25) is 19.3 Å². The van der Waals surface area contributed by atoms with Crippen molar-refractivity contribution in [3.8, 4) is 0 Å². The van der Waals surface area contributed by atoms with Crippen LogP contribution in [0.3, 0.4) is 0 Å². The Hall–Kier alpha value is -4.10. The van der Waals surface area contributed by atoms with Crippen LogP contribution in [-0.4, -0.2) is 33.1 Å². The van der Waals surface area contributed by atoms with Crippen molar-refractivity contribution in [2.75, 3.05) is 11.9 Å². The van der Waals surface area contributed by atoms with Crippen molar-refractivity contribution in [3.63, 3.8) is 0 Å². The van der Waals surface area contributed by atoms with E-state index in [1.807, 2.05) is 67.6 Å². The summed E-state index contributed by atoms with van der Waals surface area (Å²) in [6.45, 7) is 4.45. The van der Waals surface area contributed by atoms with Gasteiger partial charge in [0.2, 0.25) is 5.91 Å². The topological polar surface area (TPSA) is 71.4 Å². The Morgan fingerprint density at radius 1 is 0.919 bits per heavy atom. The van der Waals surface area contributed by atoms with E-state index in [4.69, 9.17) is 0 Å². The molecule has 3 amide bonds. The third kappa shape index (κ3) is 5.08. The number of fused-ring (bicyclic) bond motifs is 1. The maximum Gasteiger partial charge on any atom is 0.294 e. The van der Waals surface area contributed by atoms with Crippen molar-refractivity contribution in [1.29, 1.82) is 0 Å². The molecule has 0 atom stereocenters. The van der Waals surface area contributed by atoms with E-state index in [0.29, 0.717) is 17.1 Å². The Labute approximate surface area is 220 Å². The highest BCUT2D eigenvalue weighted by Crippen LogP contribution is 2.35. The number of nitrogens with one attached hydrogen (secondary N) is 1. The summed E-state index contributed by atoms with van der Waals surface area (Å²) in [6.07, 6.45) is 2.69. The van der Waals surface area contributed by atoms with Gasteiger partial charge in [0.1, 0.15) is 6.54 Å². The Morgan fingerprint density at radius 2 is 1.62 bits per heavy atom. The third-order valence-electron chi connectivity index (χ3n) is 6.56. The average Bonchev–Trinajstić information content (AvgIpc) is 3.33. The van der Waals surface area contributed by atoms with E-state index < -0.39 is 17.1 Å². The van der Waals surface area contributed by atoms with E-state index in [0.717, 1.165) is 50.8 Å². The fraction of sp³-hybridized carbons (Fsp3) is 0.167. The highest BCUT2D eigenvalue weighted by molar-refractivity contribution is 8.18. The summed E-state index contributed by atoms with van der Waals surface area (Å²) in [6, 6.07) is 25.8. The third-order valence-corrected chi connectivity index (χ3v) is 7.47. The van der Waals surface area contributed by atoms with Crippen molar-refractivity contribution < 1.29 is 14.4 Å². The number of hydrogen-bond acceptors (Lipinski definition) is 4. The normalized spacial score (nSPS) is 14.6. The van der Waals surface area contributed by atoms with Gasteiger partial charge in [0.05, 0.1) is 4.91 Å². The second kappa shape index (κ2) is 10.5. The van der Waals surface area contributed by atoms with Gasteiger partial charge in [-0.2, -0.15) is 0 Å². The summed E-state index contributed by atoms with van der Waals surface area (Å²) in [4.78, 5) is 39.8. The zero-order valence-electron chi connectivity index (χ0n) is 20.7. The van der Waals surface area contributed by atoms with Crippen LogP contribution < -0.4 is 5.32 Å². The first kappa shape index (κ1) is 24.6. The van der Waals surface area contributed by atoms with Gasteiger partial charge in [-0.25, -0.2) is 0 Å². The summed E-state index contributed by atoms with van der Waals surface area (Å²) < 4.78 is 2.22. The lowest BCUT2D eigenvalue weighted by Crippen LogP contribution is -2.36. The first-order valence-electron chi connectivity index (χ1n) is 12.2. The lowest BCUT2D eigenvalue weighted by molar-refractivity contribution is -0.127. The molecule has 1 fully saturated rings. The molecular weight excluding hydrogens is 482 g/mol. The molecule has 2 heterocycles. The number of hydrogen-bond donors (Lipinski definition) is 1. The number of carbonyl (C=O) groups is 3. The Morgan fingerprint density at radius 3 is 2.35 bits per heavy atom. The minimum Gasteiger partial charge on any atom is -0.340 e. The standard InChI is InChI=1S/C30H27N3O3S/c1-3-21-13-15-23(16-14-21)31-28(34)19-33-29(35)27(37-30(33)36)17-25-20(2)32(18-22-9-5-4-6-10-22)26-12-8-7-11-24(25)26/h4-17H,3,18-19H2,1-2H3,(H,31,34)/b27-17-. The summed E-state index contributed by atoms with van der Waals surface area (Å²) in [5.74, 6) is -0.866. The van der Waals surface area contributed by atoms with Gasteiger partial charge >= 0.3 is 0 Å². The number of aromatic nitrogens is 1. The second-order valence-electron chi connectivity index (χ2n) is 8.95. The van der Waals surface area contributed by atoms with Crippen LogP contribution in [0, 0.1) is 6.92 Å². The first-order valence-corrected chi connectivity index (χ1v) is 13.0. The number of anilines is 1. The van der Waals surface area contributed by atoms with Gasteiger partial charge in [-0.15, -0.1) is 0 Å². The van der Waals surface area contributed by atoms with E-state index in [9.17, 15) is 14.4 Å². The molecule has 0 aliphatic carbocycles. The molecule has 0 saturated carbocycles. The molecule has 0 bridgehead atoms. The lowest BCUT2D eigenvalue weighted by atomic mass is 10.1. The van der Waals surface area contributed by atoms with Crippen LogP contribution in [0.2, 0.25) is 0 Å². The Balaban J connectivity index is 1.38. The van der Waals surface area contributed by atoms with E-state index in [1.54, 1.807) is 6.08 Å². The quantitative estimate of drug-likeness (QED) is 0.300. The van der Waals surface area contributed by atoms with E-state index in [-0.39, 0.29) is 6.54 Å². The van der Waals surface area contributed by atoms with Crippen molar-refractivity contribution in [2.24, 2.45) is 0 Å². The molecule has 1 aliphatic heterocycles. The minimum absolute atomic E-state index is 0.316. The molecule has 6 nitrogen and oxygen atoms in total. The molecule has 3 aromatic carbocycles. The molecule has 5 rings (SSSR count). The molecule has 0 spiro atoms. The highest BCUT2D eigenvalue weighted by Gasteiger charge is 2.36. The number of thioether (sulfide) groups is 1. The van der Waals surface area contributed by atoms with Gasteiger partial charge in [-0.05, 0) is 60.5 Å². The van der Waals surface area contributed by atoms with Crippen molar-refractivity contribution in [1.82, 2.24) is 9.47 Å². The molecule has 1 aliphatic rings. The predicted molar refractivity (Wildman–Crippen MR) is 149 cm³/mol. The zero-order valence-corrected chi connectivity index (χ0v) is 21.5. The number of carbonyl (C=O) groups excluding carboxylic acids is 3. The molecule has 0 unspecified atom stereocenters. The smallest absolute Gasteiger partial charge is 0.294 e. The maximum absolute atomic E-state index is 13.2. The molecular formula is C30H27N3O3S. The summed E-state index contributed by atoms with van der Waals surface area (Å²) in [7, 11) is 0. The number of aryl methyl sites for hydroxylation is 1. The zero-order chi connectivity index (χ0) is 25.9. The van der Waals surface area contributed by atoms with Crippen LogP contribution in [0.1, 0.15) is 29.3 Å². The molecule has 4 aromatic rings. The number of imide groups is 1. The Kier molecular flexibility index (Phi) is 6.97. The highest BCUT2D eigenvalue weighted by atomic mass is 32.2. The Bertz CT molecular complexity index is 1520.